The highest BCUT2D eigenvalue weighted by Crippen LogP contribution is 2.27. The second kappa shape index (κ2) is 5.63. The Morgan fingerprint density at radius 2 is 2.18 bits per heavy atom. The molecular weight excluding hydrogens is 367 g/mol. The van der Waals surface area contributed by atoms with Gasteiger partial charge in [0.05, 0.1) is 14.1 Å². The van der Waals surface area contributed by atoms with Gasteiger partial charge in [0.25, 0.3) is 0 Å². The fourth-order valence-electron chi connectivity index (χ4n) is 1.50. The van der Waals surface area contributed by atoms with Gasteiger partial charge in [0.1, 0.15) is 5.15 Å². The molecule has 0 aliphatic rings. The average Bonchev–Trinajstić information content (AvgIpc) is 2.77. The Labute approximate surface area is 124 Å². The van der Waals surface area contributed by atoms with E-state index < -0.39 is 0 Å². The van der Waals surface area contributed by atoms with Gasteiger partial charge in [-0.25, -0.2) is 9.97 Å². The normalized spacial score (nSPS) is 11.1. The zero-order chi connectivity index (χ0) is 12.4. The summed E-state index contributed by atoms with van der Waals surface area (Å²) in [4.78, 5) is 10.0. The van der Waals surface area contributed by atoms with Crippen molar-refractivity contribution in [2.75, 3.05) is 0 Å². The maximum absolute atomic E-state index is 6.17. The van der Waals surface area contributed by atoms with Gasteiger partial charge < -0.3 is 0 Å². The molecule has 0 radical (unpaired) electrons. The molecule has 0 fully saturated rings. The molecule has 5 heteroatoms. The zero-order valence-electron chi connectivity index (χ0n) is 9.58. The number of hydrogen-bond donors (Lipinski definition) is 0. The molecule has 0 bridgehead atoms. The summed E-state index contributed by atoms with van der Waals surface area (Å²) in [7, 11) is 0. The molecule has 0 aliphatic heterocycles. The molecule has 0 spiro atoms. The molecule has 2 rings (SSSR count). The van der Waals surface area contributed by atoms with Crippen molar-refractivity contribution in [1.29, 1.82) is 0 Å². The number of halogens is 2. The molecule has 0 saturated carbocycles. The first-order chi connectivity index (χ1) is 8.08. The van der Waals surface area contributed by atoms with E-state index in [-0.39, 0.29) is 0 Å². The molecule has 2 heterocycles. The Kier molecular flexibility index (Phi) is 4.38. The highest BCUT2D eigenvalue weighted by atomic mass is 127. The van der Waals surface area contributed by atoms with Gasteiger partial charge in [-0.05, 0) is 46.4 Å². The molecule has 0 N–H and O–H groups in total. The van der Waals surface area contributed by atoms with Crippen molar-refractivity contribution in [3.63, 3.8) is 0 Å². The third-order valence-electron chi connectivity index (χ3n) is 2.22. The Balaban J connectivity index is 2.46. The van der Waals surface area contributed by atoms with Crippen molar-refractivity contribution in [3.8, 4) is 10.7 Å². The first-order valence-electron chi connectivity index (χ1n) is 5.33. The van der Waals surface area contributed by atoms with Crippen molar-refractivity contribution in [1.82, 2.24) is 9.97 Å². The summed E-state index contributed by atoms with van der Waals surface area (Å²) in [6.45, 7) is 4.35. The van der Waals surface area contributed by atoms with Crippen LogP contribution in [-0.2, 0) is 6.42 Å². The Morgan fingerprint density at radius 1 is 1.41 bits per heavy atom. The largest absolute Gasteiger partial charge is 0.231 e. The second-order valence-electron chi connectivity index (χ2n) is 4.17. The van der Waals surface area contributed by atoms with Crippen LogP contribution in [0.4, 0.5) is 0 Å². The fraction of sp³-hybridized carbons (Fsp3) is 0.333. The van der Waals surface area contributed by atoms with Crippen LogP contribution in [0.25, 0.3) is 10.7 Å². The van der Waals surface area contributed by atoms with Crippen molar-refractivity contribution in [3.05, 3.63) is 31.9 Å². The van der Waals surface area contributed by atoms with Crippen LogP contribution in [0.3, 0.4) is 0 Å². The predicted molar refractivity (Wildman–Crippen MR) is 81.6 cm³/mol. The van der Waals surface area contributed by atoms with Crippen LogP contribution in [0.2, 0.25) is 5.15 Å². The number of nitrogens with zero attached hydrogens (tertiary/aromatic N) is 2. The molecule has 0 atom stereocenters. The lowest BCUT2D eigenvalue weighted by Crippen LogP contribution is -2.04. The van der Waals surface area contributed by atoms with Crippen LogP contribution in [0.1, 0.15) is 19.5 Å². The van der Waals surface area contributed by atoms with Crippen molar-refractivity contribution in [2.45, 2.75) is 20.3 Å². The lowest BCUT2D eigenvalue weighted by atomic mass is 10.1. The van der Waals surface area contributed by atoms with Gasteiger partial charge in [-0.2, -0.15) is 0 Å². The summed E-state index contributed by atoms with van der Waals surface area (Å²) < 4.78 is 0.971. The lowest BCUT2D eigenvalue weighted by Gasteiger charge is -2.09. The van der Waals surface area contributed by atoms with Crippen molar-refractivity contribution >= 4 is 45.5 Å². The molecule has 90 valence electrons. The summed E-state index contributed by atoms with van der Waals surface area (Å²) >= 11 is 10.0. The van der Waals surface area contributed by atoms with E-state index in [2.05, 4.69) is 46.4 Å². The summed E-state index contributed by atoms with van der Waals surface area (Å²) in [5.41, 5.74) is 1.05. The summed E-state index contributed by atoms with van der Waals surface area (Å²) in [6, 6.07) is 4.01. The van der Waals surface area contributed by atoms with E-state index in [0.717, 1.165) is 26.4 Å². The van der Waals surface area contributed by atoms with Crippen LogP contribution < -0.4 is 0 Å². The molecule has 2 nitrogen and oxygen atoms in total. The first kappa shape index (κ1) is 13.2. The van der Waals surface area contributed by atoms with Gasteiger partial charge in [-0.3, -0.25) is 0 Å². The molecule has 2 aromatic rings. The SMILES string of the molecule is CC(C)Cc1nc(-c2cccs2)nc(Cl)c1I. The zero-order valence-corrected chi connectivity index (χ0v) is 13.3. The maximum Gasteiger partial charge on any atom is 0.171 e. The number of thiophene rings is 1. The van der Waals surface area contributed by atoms with E-state index in [1.807, 2.05) is 17.5 Å². The molecule has 0 saturated heterocycles. The van der Waals surface area contributed by atoms with Gasteiger partial charge in [-0.1, -0.05) is 31.5 Å². The maximum atomic E-state index is 6.17. The Bertz CT molecular complexity index is 511. The first-order valence-corrected chi connectivity index (χ1v) is 7.67. The van der Waals surface area contributed by atoms with Gasteiger partial charge in [0, 0.05) is 0 Å². The number of aromatic nitrogens is 2. The van der Waals surface area contributed by atoms with Crippen molar-refractivity contribution < 1.29 is 0 Å². The minimum absolute atomic E-state index is 0.555. The molecular formula is C12H12ClIN2S. The molecule has 0 amide bonds. The third kappa shape index (κ3) is 3.17. The van der Waals surface area contributed by atoms with E-state index in [1.54, 1.807) is 11.3 Å². The lowest BCUT2D eigenvalue weighted by molar-refractivity contribution is 0.632. The second-order valence-corrected chi connectivity index (χ2v) is 6.56. The Morgan fingerprint density at radius 3 is 2.76 bits per heavy atom. The minimum atomic E-state index is 0.555. The molecule has 0 aliphatic carbocycles. The fourth-order valence-corrected chi connectivity index (χ4v) is 2.81. The van der Waals surface area contributed by atoms with Crippen LogP contribution in [-0.4, -0.2) is 9.97 Å². The van der Waals surface area contributed by atoms with E-state index in [9.17, 15) is 0 Å². The van der Waals surface area contributed by atoms with E-state index in [0.29, 0.717) is 11.1 Å². The Hall–Kier alpha value is -0.200. The predicted octanol–water partition coefficient (Wildman–Crippen LogP) is 4.66. The highest BCUT2D eigenvalue weighted by molar-refractivity contribution is 14.1. The standard InChI is InChI=1S/C12H12ClIN2S/c1-7(2)6-8-10(14)11(13)16-12(15-8)9-4-3-5-17-9/h3-5,7H,6H2,1-2H3. The monoisotopic (exact) mass is 378 g/mol. The van der Waals surface area contributed by atoms with E-state index in [4.69, 9.17) is 11.6 Å². The van der Waals surface area contributed by atoms with Crippen molar-refractivity contribution in [2.24, 2.45) is 5.92 Å². The minimum Gasteiger partial charge on any atom is -0.231 e. The molecule has 2 aromatic heterocycles. The quantitative estimate of drug-likeness (QED) is 0.573. The molecule has 0 aromatic carbocycles. The van der Waals surface area contributed by atoms with Gasteiger partial charge in [-0.15, -0.1) is 11.3 Å². The average molecular weight is 379 g/mol. The molecule has 0 unspecified atom stereocenters. The van der Waals surface area contributed by atoms with Gasteiger partial charge in [0.2, 0.25) is 0 Å². The third-order valence-corrected chi connectivity index (χ3v) is 4.81. The van der Waals surface area contributed by atoms with Gasteiger partial charge >= 0.3 is 0 Å². The van der Waals surface area contributed by atoms with Crippen LogP contribution >= 0.6 is 45.5 Å². The number of rotatable bonds is 3. The summed E-state index contributed by atoms with van der Waals surface area (Å²) in [6.07, 6.45) is 0.929. The van der Waals surface area contributed by atoms with Crippen LogP contribution in [0.5, 0.6) is 0 Å². The smallest absolute Gasteiger partial charge is 0.171 e. The van der Waals surface area contributed by atoms with Crippen LogP contribution in [0.15, 0.2) is 17.5 Å². The highest BCUT2D eigenvalue weighted by Gasteiger charge is 2.13. The van der Waals surface area contributed by atoms with E-state index in [1.165, 1.54) is 0 Å². The summed E-state index contributed by atoms with van der Waals surface area (Å²) in [5, 5.41) is 2.58. The van der Waals surface area contributed by atoms with E-state index >= 15 is 0 Å². The number of hydrogen-bond acceptors (Lipinski definition) is 3. The van der Waals surface area contributed by atoms with Gasteiger partial charge in [0.15, 0.2) is 5.82 Å². The topological polar surface area (TPSA) is 25.8 Å². The van der Waals surface area contributed by atoms with Crippen LogP contribution in [0, 0.1) is 9.49 Å². The molecule has 17 heavy (non-hydrogen) atoms. The summed E-state index contributed by atoms with van der Waals surface area (Å²) in [5.74, 6) is 1.30.